The number of thiophene rings is 2. The molecule has 0 spiro atoms. The molecule has 0 radical (unpaired) electrons. The molecular formula is C17H19N3OS2. The summed E-state index contributed by atoms with van der Waals surface area (Å²) in [5.41, 5.74) is 1.52. The van der Waals surface area contributed by atoms with E-state index in [2.05, 4.69) is 26.5 Å². The van der Waals surface area contributed by atoms with Crippen molar-refractivity contribution >= 4 is 22.7 Å². The molecule has 0 amide bonds. The summed E-state index contributed by atoms with van der Waals surface area (Å²) in [6.07, 6.45) is 4.41. The van der Waals surface area contributed by atoms with Crippen LogP contribution in [0.25, 0.3) is 10.7 Å². The predicted molar refractivity (Wildman–Crippen MR) is 93.8 cm³/mol. The largest absolute Gasteiger partial charge is 0.339 e. The van der Waals surface area contributed by atoms with Crippen LogP contribution in [0.5, 0.6) is 0 Å². The Labute approximate surface area is 143 Å². The van der Waals surface area contributed by atoms with E-state index in [0.717, 1.165) is 36.7 Å². The minimum Gasteiger partial charge on any atom is -0.339 e. The van der Waals surface area contributed by atoms with Crippen LogP contribution in [-0.2, 0) is 19.4 Å². The van der Waals surface area contributed by atoms with Crippen molar-refractivity contribution in [3.63, 3.8) is 0 Å². The Bertz CT molecular complexity index is 748. The Kier molecular flexibility index (Phi) is 4.55. The number of nitrogens with zero attached hydrogens (tertiary/aromatic N) is 3. The molecule has 1 aliphatic rings. The van der Waals surface area contributed by atoms with E-state index in [0.29, 0.717) is 5.82 Å². The molecule has 0 aromatic carbocycles. The number of aromatic nitrogens is 2. The lowest BCUT2D eigenvalue weighted by atomic mass is 10.2. The molecule has 0 bridgehead atoms. The van der Waals surface area contributed by atoms with E-state index in [1.165, 1.54) is 24.9 Å². The van der Waals surface area contributed by atoms with Gasteiger partial charge < -0.3 is 4.52 Å². The van der Waals surface area contributed by atoms with Crippen molar-refractivity contribution in [3.8, 4) is 10.7 Å². The van der Waals surface area contributed by atoms with Crippen molar-refractivity contribution < 1.29 is 4.52 Å². The molecule has 1 aliphatic heterocycles. The zero-order chi connectivity index (χ0) is 15.5. The zero-order valence-corrected chi connectivity index (χ0v) is 14.5. The molecule has 0 aliphatic carbocycles. The summed E-state index contributed by atoms with van der Waals surface area (Å²) in [5, 5.41) is 8.33. The molecule has 0 saturated heterocycles. The van der Waals surface area contributed by atoms with Crippen LogP contribution in [0, 0.1) is 0 Å². The Morgan fingerprint density at radius 3 is 3.13 bits per heavy atom. The predicted octanol–water partition coefficient (Wildman–Crippen LogP) is 4.24. The lowest BCUT2D eigenvalue weighted by Gasteiger charge is -2.19. The second-order valence-electron chi connectivity index (χ2n) is 5.84. The van der Waals surface area contributed by atoms with Crippen LogP contribution in [0.4, 0.5) is 0 Å². The van der Waals surface area contributed by atoms with E-state index in [-0.39, 0.29) is 0 Å². The van der Waals surface area contributed by atoms with Gasteiger partial charge in [-0.1, -0.05) is 11.2 Å². The maximum Gasteiger partial charge on any atom is 0.227 e. The van der Waals surface area contributed by atoms with Gasteiger partial charge in [-0.2, -0.15) is 4.98 Å². The normalized spacial score (nSPS) is 15.5. The number of fused-ring (bicyclic) bond motifs is 1. The first-order valence-electron chi connectivity index (χ1n) is 8.02. The summed E-state index contributed by atoms with van der Waals surface area (Å²) in [5.74, 6) is 1.46. The highest BCUT2D eigenvalue weighted by Gasteiger charge is 2.15. The van der Waals surface area contributed by atoms with Gasteiger partial charge in [0, 0.05) is 17.8 Å². The van der Waals surface area contributed by atoms with Gasteiger partial charge in [-0.05, 0) is 60.8 Å². The molecule has 23 heavy (non-hydrogen) atoms. The third-order valence-electron chi connectivity index (χ3n) is 4.18. The number of rotatable bonds is 5. The summed E-state index contributed by atoms with van der Waals surface area (Å²) in [4.78, 5) is 9.69. The SMILES string of the molecule is c1csc(-c2noc(CCCN3CCCc4sccc4C3)n2)c1. The fourth-order valence-corrected chi connectivity index (χ4v) is 4.61. The average Bonchev–Trinajstić information content (AvgIpc) is 3.28. The average molecular weight is 345 g/mol. The van der Waals surface area contributed by atoms with Crippen LogP contribution in [0.2, 0.25) is 0 Å². The standard InChI is InChI=1S/C17H19N3OS2/c1-4-14-13(7-11-23-14)12-20(8-1)9-2-6-16-18-17(19-21-16)15-5-3-10-22-15/h3,5,7,10-11H,1-2,4,6,8-9,12H2. The van der Waals surface area contributed by atoms with E-state index >= 15 is 0 Å². The first-order valence-corrected chi connectivity index (χ1v) is 9.78. The highest BCUT2D eigenvalue weighted by atomic mass is 32.1. The van der Waals surface area contributed by atoms with Crippen molar-refractivity contribution in [1.82, 2.24) is 15.0 Å². The molecule has 3 aromatic rings. The van der Waals surface area contributed by atoms with Gasteiger partial charge in [0.25, 0.3) is 0 Å². The van der Waals surface area contributed by atoms with Crippen LogP contribution in [0.3, 0.4) is 0 Å². The molecule has 0 N–H and O–H groups in total. The van der Waals surface area contributed by atoms with Crippen molar-refractivity contribution in [3.05, 3.63) is 45.3 Å². The zero-order valence-electron chi connectivity index (χ0n) is 12.9. The van der Waals surface area contributed by atoms with Crippen LogP contribution in [0.15, 0.2) is 33.5 Å². The summed E-state index contributed by atoms with van der Waals surface area (Å²) in [6, 6.07) is 6.31. The fourth-order valence-electron chi connectivity index (χ4n) is 3.02. The van der Waals surface area contributed by atoms with Crippen LogP contribution >= 0.6 is 22.7 Å². The van der Waals surface area contributed by atoms with Gasteiger partial charge in [0.05, 0.1) is 4.88 Å². The Hall–Kier alpha value is -1.50. The maximum atomic E-state index is 5.38. The van der Waals surface area contributed by atoms with Gasteiger partial charge in [-0.15, -0.1) is 22.7 Å². The third kappa shape index (κ3) is 3.54. The summed E-state index contributed by atoms with van der Waals surface area (Å²) in [7, 11) is 0. The fraction of sp³-hybridized carbons (Fsp3) is 0.412. The molecule has 4 heterocycles. The minimum absolute atomic E-state index is 0.715. The molecule has 0 saturated carbocycles. The van der Waals surface area contributed by atoms with E-state index < -0.39 is 0 Å². The van der Waals surface area contributed by atoms with Gasteiger partial charge in [-0.3, -0.25) is 4.90 Å². The van der Waals surface area contributed by atoms with Gasteiger partial charge in [0.1, 0.15) is 0 Å². The smallest absolute Gasteiger partial charge is 0.227 e. The molecule has 120 valence electrons. The lowest BCUT2D eigenvalue weighted by Crippen LogP contribution is -2.24. The molecule has 4 rings (SSSR count). The second kappa shape index (κ2) is 6.95. The van der Waals surface area contributed by atoms with Crippen molar-refractivity contribution in [2.75, 3.05) is 13.1 Å². The van der Waals surface area contributed by atoms with Crippen LogP contribution in [-0.4, -0.2) is 28.1 Å². The van der Waals surface area contributed by atoms with Gasteiger partial charge in [-0.25, -0.2) is 0 Å². The van der Waals surface area contributed by atoms with Crippen molar-refractivity contribution in [1.29, 1.82) is 0 Å². The topological polar surface area (TPSA) is 42.2 Å². The van der Waals surface area contributed by atoms with Crippen molar-refractivity contribution in [2.24, 2.45) is 0 Å². The molecule has 3 aromatic heterocycles. The molecule has 4 nitrogen and oxygen atoms in total. The van der Waals surface area contributed by atoms with Crippen LogP contribution < -0.4 is 0 Å². The number of hydrogen-bond donors (Lipinski definition) is 0. The maximum absolute atomic E-state index is 5.38. The van der Waals surface area contributed by atoms with Crippen LogP contribution in [0.1, 0.15) is 29.2 Å². The second-order valence-corrected chi connectivity index (χ2v) is 7.79. The first-order chi connectivity index (χ1) is 11.4. The molecule has 6 heteroatoms. The summed E-state index contributed by atoms with van der Waals surface area (Å²) < 4.78 is 5.38. The molecular weight excluding hydrogens is 326 g/mol. The monoisotopic (exact) mass is 345 g/mol. The van der Waals surface area contributed by atoms with E-state index in [1.54, 1.807) is 16.2 Å². The lowest BCUT2D eigenvalue weighted by molar-refractivity contribution is 0.261. The third-order valence-corrected chi connectivity index (χ3v) is 6.07. The quantitative estimate of drug-likeness (QED) is 0.693. The first kappa shape index (κ1) is 15.1. The van der Waals surface area contributed by atoms with E-state index in [4.69, 9.17) is 4.52 Å². The molecule has 0 atom stereocenters. The van der Waals surface area contributed by atoms with Gasteiger partial charge in [0.2, 0.25) is 11.7 Å². The van der Waals surface area contributed by atoms with Gasteiger partial charge in [0.15, 0.2) is 0 Å². The summed E-state index contributed by atoms with van der Waals surface area (Å²) in [6.45, 7) is 3.36. The Balaban J connectivity index is 1.30. The highest BCUT2D eigenvalue weighted by molar-refractivity contribution is 7.13. The van der Waals surface area contributed by atoms with E-state index in [9.17, 15) is 0 Å². The number of aryl methyl sites for hydroxylation is 2. The molecule has 0 fully saturated rings. The van der Waals surface area contributed by atoms with E-state index in [1.807, 2.05) is 28.8 Å². The van der Waals surface area contributed by atoms with Gasteiger partial charge >= 0.3 is 0 Å². The summed E-state index contributed by atoms with van der Waals surface area (Å²) >= 11 is 3.54. The number of hydrogen-bond acceptors (Lipinski definition) is 6. The molecule has 0 unspecified atom stereocenters. The Morgan fingerprint density at radius 2 is 2.22 bits per heavy atom. The Morgan fingerprint density at radius 1 is 1.22 bits per heavy atom. The highest BCUT2D eigenvalue weighted by Crippen LogP contribution is 2.24. The minimum atomic E-state index is 0.715. The van der Waals surface area contributed by atoms with Crippen molar-refractivity contribution in [2.45, 2.75) is 32.2 Å².